The van der Waals surface area contributed by atoms with Crippen LogP contribution in [0.5, 0.6) is 0 Å². The monoisotopic (exact) mass is 418 g/mol. The minimum absolute atomic E-state index is 0.315. The van der Waals surface area contributed by atoms with Gasteiger partial charge in [-0.15, -0.1) is 11.3 Å². The van der Waals surface area contributed by atoms with Gasteiger partial charge in [0, 0.05) is 21.6 Å². The topological polar surface area (TPSA) is 111 Å². The fraction of sp³-hybridized carbons (Fsp3) is 0.0909. The smallest absolute Gasteiger partial charge is 0.257 e. The highest BCUT2D eigenvalue weighted by molar-refractivity contribution is 7.17. The predicted octanol–water partition coefficient (Wildman–Crippen LogP) is 4.43. The summed E-state index contributed by atoms with van der Waals surface area (Å²) in [6.45, 7) is 3.63. The molecule has 3 N–H and O–H groups in total. The molecule has 0 radical (unpaired) electrons. The van der Waals surface area contributed by atoms with Gasteiger partial charge in [-0.05, 0) is 43.7 Å². The Balaban J connectivity index is 1.63. The van der Waals surface area contributed by atoms with E-state index >= 15 is 0 Å². The van der Waals surface area contributed by atoms with Crippen molar-refractivity contribution in [3.05, 3.63) is 76.4 Å². The zero-order valence-corrected chi connectivity index (χ0v) is 17.1. The first-order valence-corrected chi connectivity index (χ1v) is 9.96. The molecule has 0 aliphatic heterocycles. The molecule has 0 aliphatic rings. The van der Waals surface area contributed by atoms with E-state index in [2.05, 4.69) is 15.5 Å². The molecule has 4 aromatic rings. The van der Waals surface area contributed by atoms with Crippen molar-refractivity contribution in [1.82, 2.24) is 10.1 Å². The number of nitrogens with one attached hydrogen (secondary N) is 1. The Morgan fingerprint density at radius 2 is 1.70 bits per heavy atom. The maximum Gasteiger partial charge on any atom is 0.257 e. The van der Waals surface area contributed by atoms with E-state index in [1.165, 1.54) is 11.3 Å². The van der Waals surface area contributed by atoms with Crippen LogP contribution in [0.15, 0.2) is 59.1 Å². The number of hydrogen-bond donors (Lipinski definition) is 2. The van der Waals surface area contributed by atoms with E-state index in [-0.39, 0.29) is 5.91 Å². The number of aromatic nitrogens is 2. The van der Waals surface area contributed by atoms with Crippen LogP contribution in [0.2, 0.25) is 0 Å². The molecule has 150 valence electrons. The molecule has 0 saturated heterocycles. The number of amides is 2. The lowest BCUT2D eigenvalue weighted by atomic mass is 10.0. The first-order chi connectivity index (χ1) is 14.4. The summed E-state index contributed by atoms with van der Waals surface area (Å²) in [5.41, 5.74) is 8.73. The predicted molar refractivity (Wildman–Crippen MR) is 115 cm³/mol. The molecular weight excluding hydrogens is 400 g/mol. The van der Waals surface area contributed by atoms with E-state index in [0.717, 1.165) is 16.0 Å². The zero-order valence-electron chi connectivity index (χ0n) is 16.3. The second-order valence-electron chi connectivity index (χ2n) is 6.65. The van der Waals surface area contributed by atoms with Crippen LogP contribution in [0.3, 0.4) is 0 Å². The number of hydrogen-bond acceptors (Lipinski definition) is 6. The lowest BCUT2D eigenvalue weighted by molar-refractivity contribution is 0.100. The largest absolute Gasteiger partial charge is 0.365 e. The molecule has 7 nitrogen and oxygen atoms in total. The second-order valence-corrected chi connectivity index (χ2v) is 7.87. The van der Waals surface area contributed by atoms with Crippen molar-refractivity contribution in [1.29, 1.82) is 0 Å². The highest BCUT2D eigenvalue weighted by Crippen LogP contribution is 2.39. The Morgan fingerprint density at radius 1 is 1.00 bits per heavy atom. The lowest BCUT2D eigenvalue weighted by Gasteiger charge is -2.07. The van der Waals surface area contributed by atoms with Gasteiger partial charge in [0.25, 0.3) is 17.7 Å². The Labute approximate surface area is 176 Å². The summed E-state index contributed by atoms with van der Waals surface area (Å²) in [5, 5.41) is 7.02. The summed E-state index contributed by atoms with van der Waals surface area (Å²) in [6, 6.07) is 16.3. The van der Waals surface area contributed by atoms with E-state index in [4.69, 9.17) is 10.3 Å². The van der Waals surface area contributed by atoms with E-state index < -0.39 is 5.91 Å². The lowest BCUT2D eigenvalue weighted by Crippen LogP contribution is -2.17. The van der Waals surface area contributed by atoms with Crippen LogP contribution in [0, 0.1) is 13.8 Å². The first-order valence-electron chi connectivity index (χ1n) is 9.14. The van der Waals surface area contributed by atoms with Crippen LogP contribution in [-0.2, 0) is 0 Å². The highest BCUT2D eigenvalue weighted by Gasteiger charge is 2.23. The fourth-order valence-electron chi connectivity index (χ4n) is 3.17. The van der Waals surface area contributed by atoms with Gasteiger partial charge >= 0.3 is 0 Å². The quantitative estimate of drug-likeness (QED) is 0.498. The van der Waals surface area contributed by atoms with E-state index in [9.17, 15) is 9.59 Å². The standard InChI is InChI=1S/C22H18N4O3S/c1-12-17(14-6-4-3-5-7-14)18(19(23)27)22(30-12)25-20(28)15-8-10-16(11-9-15)21-24-13(2)26-29-21/h3-11H,1-2H3,(H2,23,27)(H,25,28). The van der Waals surface area contributed by atoms with Gasteiger partial charge in [-0.25, -0.2) is 0 Å². The van der Waals surface area contributed by atoms with Gasteiger partial charge in [0.05, 0.1) is 5.56 Å². The van der Waals surface area contributed by atoms with E-state index in [0.29, 0.717) is 33.4 Å². The van der Waals surface area contributed by atoms with Crippen LogP contribution in [-0.4, -0.2) is 22.0 Å². The molecule has 8 heteroatoms. The Morgan fingerprint density at radius 3 is 2.30 bits per heavy atom. The summed E-state index contributed by atoms with van der Waals surface area (Å²) >= 11 is 1.32. The van der Waals surface area contributed by atoms with Crippen molar-refractivity contribution < 1.29 is 14.1 Å². The van der Waals surface area contributed by atoms with Crippen molar-refractivity contribution in [2.45, 2.75) is 13.8 Å². The normalized spacial score (nSPS) is 10.7. The van der Waals surface area contributed by atoms with Gasteiger partial charge < -0.3 is 15.6 Å². The summed E-state index contributed by atoms with van der Waals surface area (Å²) in [7, 11) is 0. The fourth-order valence-corrected chi connectivity index (χ4v) is 4.25. The SMILES string of the molecule is Cc1noc(-c2ccc(C(=O)Nc3sc(C)c(-c4ccccc4)c3C(N)=O)cc2)n1. The number of thiophene rings is 1. The number of rotatable bonds is 5. The van der Waals surface area contributed by atoms with Crippen LogP contribution in [0.4, 0.5) is 5.00 Å². The van der Waals surface area contributed by atoms with Crippen molar-refractivity contribution in [3.8, 4) is 22.6 Å². The van der Waals surface area contributed by atoms with Gasteiger partial charge in [0.1, 0.15) is 5.00 Å². The minimum atomic E-state index is -0.587. The molecule has 2 aromatic carbocycles. The number of carbonyl (C=O) groups excluding carboxylic acids is 2. The average molecular weight is 418 g/mol. The Kier molecular flexibility index (Phi) is 5.16. The number of primary amides is 1. The number of nitrogens with zero attached hydrogens (tertiary/aromatic N) is 2. The summed E-state index contributed by atoms with van der Waals surface area (Å²) in [4.78, 5) is 30.1. The minimum Gasteiger partial charge on any atom is -0.365 e. The Bertz CT molecular complexity index is 1230. The molecule has 0 bridgehead atoms. The number of benzene rings is 2. The zero-order chi connectivity index (χ0) is 21.3. The maximum atomic E-state index is 12.8. The van der Waals surface area contributed by atoms with Gasteiger partial charge in [0.2, 0.25) is 0 Å². The first kappa shape index (κ1) is 19.5. The molecule has 0 fully saturated rings. The van der Waals surface area contributed by atoms with Crippen molar-refractivity contribution >= 4 is 28.2 Å². The van der Waals surface area contributed by atoms with Crippen LogP contribution in [0.25, 0.3) is 22.6 Å². The van der Waals surface area contributed by atoms with Gasteiger partial charge in [-0.1, -0.05) is 35.5 Å². The summed E-state index contributed by atoms with van der Waals surface area (Å²) in [5.74, 6) is -0.00724. The number of aryl methyl sites for hydroxylation is 2. The van der Waals surface area contributed by atoms with E-state index in [1.54, 1.807) is 31.2 Å². The summed E-state index contributed by atoms with van der Waals surface area (Å²) in [6.07, 6.45) is 0. The molecule has 0 atom stereocenters. The van der Waals surface area contributed by atoms with Crippen molar-refractivity contribution in [2.75, 3.05) is 5.32 Å². The molecule has 2 heterocycles. The number of carbonyl (C=O) groups is 2. The van der Waals surface area contributed by atoms with E-state index in [1.807, 2.05) is 37.3 Å². The Hall–Kier alpha value is -3.78. The van der Waals surface area contributed by atoms with Crippen LogP contribution < -0.4 is 11.1 Å². The molecule has 0 aliphatic carbocycles. The molecular formula is C22H18N4O3S. The number of nitrogens with two attached hydrogens (primary N) is 1. The average Bonchev–Trinajstić information content (AvgIpc) is 3.31. The van der Waals surface area contributed by atoms with Crippen LogP contribution in [0.1, 0.15) is 31.4 Å². The molecule has 0 spiro atoms. The highest BCUT2D eigenvalue weighted by atomic mass is 32.1. The third kappa shape index (κ3) is 3.72. The van der Waals surface area contributed by atoms with Crippen molar-refractivity contribution in [3.63, 3.8) is 0 Å². The van der Waals surface area contributed by atoms with Gasteiger partial charge in [-0.3, -0.25) is 9.59 Å². The molecule has 0 saturated carbocycles. The maximum absolute atomic E-state index is 12.8. The molecule has 0 unspecified atom stereocenters. The van der Waals surface area contributed by atoms with Crippen LogP contribution >= 0.6 is 11.3 Å². The molecule has 2 aromatic heterocycles. The van der Waals surface area contributed by atoms with Gasteiger partial charge in [0.15, 0.2) is 5.82 Å². The molecule has 30 heavy (non-hydrogen) atoms. The third-order valence-electron chi connectivity index (χ3n) is 4.54. The molecule has 2 amide bonds. The van der Waals surface area contributed by atoms with Gasteiger partial charge in [-0.2, -0.15) is 4.98 Å². The second kappa shape index (κ2) is 7.92. The number of anilines is 1. The molecule has 4 rings (SSSR count). The van der Waals surface area contributed by atoms with Crippen molar-refractivity contribution in [2.24, 2.45) is 5.73 Å². The third-order valence-corrected chi connectivity index (χ3v) is 5.56. The summed E-state index contributed by atoms with van der Waals surface area (Å²) < 4.78 is 5.14.